The maximum Gasteiger partial charge on any atom is 0.245 e. The molecule has 4 rings (SSSR count). The van der Waals surface area contributed by atoms with Crippen molar-refractivity contribution in [2.45, 2.75) is 25.3 Å². The quantitative estimate of drug-likeness (QED) is 0.680. The number of sulfonamides is 1. The van der Waals surface area contributed by atoms with E-state index in [0.29, 0.717) is 23.5 Å². The van der Waals surface area contributed by atoms with Crippen LogP contribution in [0.25, 0.3) is 10.9 Å². The fourth-order valence-corrected chi connectivity index (χ4v) is 5.37. The maximum absolute atomic E-state index is 13.3. The van der Waals surface area contributed by atoms with Gasteiger partial charge in [0.1, 0.15) is 4.90 Å². The lowest BCUT2D eigenvalue weighted by Crippen LogP contribution is -2.48. The first-order chi connectivity index (χ1) is 13.4. The van der Waals surface area contributed by atoms with E-state index in [0.717, 1.165) is 30.6 Å². The summed E-state index contributed by atoms with van der Waals surface area (Å²) in [6, 6.07) is 15.8. The standard InChI is InChI=1S/C22H25N3O2S/c1-17-5-3-6-19(13-17)16-24-9-11-25(12-10-24)28(26,27)21-8-4-7-20-14-18(2)15-23-22(20)21/h3-8,13-15H,9-12,16H2,1-2H3. The molecule has 0 aliphatic carbocycles. The Kier molecular flexibility index (Phi) is 5.19. The topological polar surface area (TPSA) is 53.5 Å². The minimum absolute atomic E-state index is 0.303. The third-order valence-corrected chi connectivity index (χ3v) is 7.18. The number of aryl methyl sites for hydroxylation is 2. The van der Waals surface area contributed by atoms with Crippen LogP contribution in [-0.4, -0.2) is 48.8 Å². The van der Waals surface area contributed by atoms with E-state index in [1.54, 1.807) is 22.6 Å². The molecule has 2 aromatic carbocycles. The van der Waals surface area contributed by atoms with E-state index in [4.69, 9.17) is 0 Å². The SMILES string of the molecule is Cc1cccc(CN2CCN(S(=O)(=O)c3cccc4cc(C)cnc34)CC2)c1. The lowest BCUT2D eigenvalue weighted by Gasteiger charge is -2.34. The highest BCUT2D eigenvalue weighted by atomic mass is 32.2. The number of aromatic nitrogens is 1. The van der Waals surface area contributed by atoms with Crippen LogP contribution in [0.4, 0.5) is 0 Å². The molecule has 1 aliphatic heterocycles. The highest BCUT2D eigenvalue weighted by Crippen LogP contribution is 2.25. The van der Waals surface area contributed by atoms with Gasteiger partial charge in [-0.05, 0) is 37.1 Å². The van der Waals surface area contributed by atoms with Gasteiger partial charge in [0.25, 0.3) is 0 Å². The molecule has 3 aromatic rings. The molecule has 0 amide bonds. The van der Waals surface area contributed by atoms with Crippen molar-refractivity contribution in [3.05, 3.63) is 71.4 Å². The summed E-state index contributed by atoms with van der Waals surface area (Å²) in [4.78, 5) is 7.02. The molecule has 1 saturated heterocycles. The van der Waals surface area contributed by atoms with Crippen molar-refractivity contribution in [1.82, 2.24) is 14.2 Å². The number of pyridine rings is 1. The van der Waals surface area contributed by atoms with Crippen LogP contribution in [0.3, 0.4) is 0 Å². The Balaban J connectivity index is 1.51. The first-order valence-corrected chi connectivity index (χ1v) is 11.0. The summed E-state index contributed by atoms with van der Waals surface area (Å²) in [6.45, 7) is 7.35. The molecule has 0 saturated carbocycles. The Labute approximate surface area is 166 Å². The fourth-order valence-electron chi connectivity index (χ4n) is 3.79. The summed E-state index contributed by atoms with van der Waals surface area (Å²) in [5.74, 6) is 0. The van der Waals surface area contributed by atoms with Gasteiger partial charge in [0, 0.05) is 44.3 Å². The van der Waals surface area contributed by atoms with Gasteiger partial charge in [-0.15, -0.1) is 0 Å². The predicted molar refractivity (Wildman–Crippen MR) is 112 cm³/mol. The summed E-state index contributed by atoms with van der Waals surface area (Å²) in [5.41, 5.74) is 4.09. The molecule has 0 spiro atoms. The molecule has 28 heavy (non-hydrogen) atoms. The van der Waals surface area contributed by atoms with Crippen molar-refractivity contribution in [2.24, 2.45) is 0 Å². The van der Waals surface area contributed by atoms with Crippen LogP contribution in [-0.2, 0) is 16.6 Å². The van der Waals surface area contributed by atoms with Gasteiger partial charge < -0.3 is 0 Å². The summed E-state index contributed by atoms with van der Waals surface area (Å²) < 4.78 is 28.1. The second kappa shape index (κ2) is 7.62. The lowest BCUT2D eigenvalue weighted by molar-refractivity contribution is 0.181. The number of nitrogens with zero attached hydrogens (tertiary/aromatic N) is 3. The lowest BCUT2D eigenvalue weighted by atomic mass is 10.1. The van der Waals surface area contributed by atoms with Crippen LogP contribution in [0.1, 0.15) is 16.7 Å². The van der Waals surface area contributed by atoms with Gasteiger partial charge in [-0.25, -0.2) is 8.42 Å². The molecule has 1 aromatic heterocycles. The highest BCUT2D eigenvalue weighted by Gasteiger charge is 2.30. The summed E-state index contributed by atoms with van der Waals surface area (Å²) in [6.07, 6.45) is 1.72. The molecule has 146 valence electrons. The highest BCUT2D eigenvalue weighted by molar-refractivity contribution is 7.89. The monoisotopic (exact) mass is 395 g/mol. The summed E-state index contributed by atoms with van der Waals surface area (Å²) in [5, 5.41) is 0.860. The molecule has 0 bridgehead atoms. The molecule has 0 radical (unpaired) electrons. The molecule has 1 aliphatic rings. The van der Waals surface area contributed by atoms with Crippen molar-refractivity contribution in [3.8, 4) is 0 Å². The van der Waals surface area contributed by atoms with Crippen LogP contribution >= 0.6 is 0 Å². The first-order valence-electron chi connectivity index (χ1n) is 9.57. The molecule has 0 atom stereocenters. The van der Waals surface area contributed by atoms with Gasteiger partial charge in [0.2, 0.25) is 10.0 Å². The second-order valence-corrected chi connectivity index (χ2v) is 9.42. The number of para-hydroxylation sites is 1. The van der Waals surface area contributed by atoms with Gasteiger partial charge in [-0.2, -0.15) is 4.31 Å². The smallest absolute Gasteiger partial charge is 0.245 e. The predicted octanol–water partition coefficient (Wildman–Crippen LogP) is 3.36. The van der Waals surface area contributed by atoms with Gasteiger partial charge in [-0.3, -0.25) is 9.88 Å². The zero-order valence-electron chi connectivity index (χ0n) is 16.3. The number of hydrogen-bond donors (Lipinski definition) is 0. The molecule has 6 heteroatoms. The Morgan fingerprint density at radius 3 is 2.43 bits per heavy atom. The van der Waals surface area contributed by atoms with Crippen LogP contribution in [0.15, 0.2) is 59.6 Å². The molecular formula is C22H25N3O2S. The van der Waals surface area contributed by atoms with E-state index < -0.39 is 10.0 Å². The third-order valence-electron chi connectivity index (χ3n) is 5.25. The molecule has 5 nitrogen and oxygen atoms in total. The average Bonchev–Trinajstić information content (AvgIpc) is 2.68. The number of fused-ring (bicyclic) bond motifs is 1. The average molecular weight is 396 g/mol. The Bertz CT molecular complexity index is 1100. The van der Waals surface area contributed by atoms with Crippen molar-refractivity contribution in [2.75, 3.05) is 26.2 Å². The van der Waals surface area contributed by atoms with E-state index in [2.05, 4.69) is 41.1 Å². The molecule has 2 heterocycles. The maximum atomic E-state index is 13.3. The summed E-state index contributed by atoms with van der Waals surface area (Å²) in [7, 11) is -3.56. The zero-order chi connectivity index (χ0) is 19.7. The molecular weight excluding hydrogens is 370 g/mol. The summed E-state index contributed by atoms with van der Waals surface area (Å²) >= 11 is 0. The Hall–Kier alpha value is -2.28. The minimum Gasteiger partial charge on any atom is -0.296 e. The van der Waals surface area contributed by atoms with Gasteiger partial charge >= 0.3 is 0 Å². The van der Waals surface area contributed by atoms with Crippen molar-refractivity contribution in [1.29, 1.82) is 0 Å². The van der Waals surface area contributed by atoms with Crippen LogP contribution in [0, 0.1) is 13.8 Å². The van der Waals surface area contributed by atoms with Gasteiger partial charge in [0.15, 0.2) is 0 Å². The number of piperazine rings is 1. The van der Waals surface area contributed by atoms with Crippen LogP contribution in [0.2, 0.25) is 0 Å². The van der Waals surface area contributed by atoms with Crippen molar-refractivity contribution in [3.63, 3.8) is 0 Å². The molecule has 0 N–H and O–H groups in total. The Morgan fingerprint density at radius 2 is 1.68 bits per heavy atom. The fraction of sp³-hybridized carbons (Fsp3) is 0.318. The van der Waals surface area contributed by atoms with E-state index >= 15 is 0 Å². The van der Waals surface area contributed by atoms with E-state index in [1.165, 1.54) is 11.1 Å². The first kappa shape index (κ1) is 19.1. The van der Waals surface area contributed by atoms with Crippen molar-refractivity contribution < 1.29 is 8.42 Å². The third kappa shape index (κ3) is 3.81. The van der Waals surface area contributed by atoms with E-state index in [1.807, 2.05) is 19.1 Å². The van der Waals surface area contributed by atoms with E-state index in [-0.39, 0.29) is 0 Å². The second-order valence-electron chi connectivity index (χ2n) is 7.51. The largest absolute Gasteiger partial charge is 0.296 e. The van der Waals surface area contributed by atoms with Gasteiger partial charge in [0.05, 0.1) is 5.52 Å². The number of benzene rings is 2. The Morgan fingerprint density at radius 1 is 0.929 bits per heavy atom. The zero-order valence-corrected chi connectivity index (χ0v) is 17.1. The van der Waals surface area contributed by atoms with Crippen LogP contribution in [0.5, 0.6) is 0 Å². The molecule has 0 unspecified atom stereocenters. The normalized spacial score (nSPS) is 16.5. The minimum atomic E-state index is -3.56. The van der Waals surface area contributed by atoms with Crippen molar-refractivity contribution >= 4 is 20.9 Å². The molecule has 1 fully saturated rings. The number of rotatable bonds is 4. The van der Waals surface area contributed by atoms with Crippen LogP contribution < -0.4 is 0 Å². The van der Waals surface area contributed by atoms with E-state index in [9.17, 15) is 8.42 Å². The van der Waals surface area contributed by atoms with Gasteiger partial charge in [-0.1, -0.05) is 42.0 Å². The number of hydrogen-bond acceptors (Lipinski definition) is 4.